The molecule has 1 N–H and O–H groups in total. The smallest absolute Gasteiger partial charge is 0.473 e. The van der Waals surface area contributed by atoms with Crippen molar-refractivity contribution in [2.24, 2.45) is 0 Å². The maximum atomic E-state index is 13.5. The summed E-state index contributed by atoms with van der Waals surface area (Å²) in [5, 5.41) is 0. The van der Waals surface area contributed by atoms with Gasteiger partial charge < -0.3 is 38.1 Å². The van der Waals surface area contributed by atoms with E-state index in [9.17, 15) is 14.3 Å². The molecule has 14 heteroatoms. The molecule has 268 valence electrons. The Morgan fingerprint density at radius 3 is 2.20 bits per heavy atom. The largest absolute Gasteiger partial charge is 0.493 e. The number of likely N-dealkylation sites (tertiary alicyclic amines) is 1. The molecule has 49 heavy (non-hydrogen) atoms. The van der Waals surface area contributed by atoms with E-state index in [2.05, 4.69) is 4.90 Å². The van der Waals surface area contributed by atoms with Crippen molar-refractivity contribution < 1.29 is 56.5 Å². The first kappa shape index (κ1) is 36.0. The van der Waals surface area contributed by atoms with Crippen LogP contribution in [0.1, 0.15) is 23.1 Å². The van der Waals surface area contributed by atoms with Crippen molar-refractivity contribution in [1.29, 1.82) is 0 Å². The Morgan fingerprint density at radius 2 is 1.55 bits per heavy atom. The summed E-state index contributed by atoms with van der Waals surface area (Å²) in [4.78, 5) is 26.4. The van der Waals surface area contributed by atoms with E-state index >= 15 is 0 Å². The lowest BCUT2D eigenvalue weighted by atomic mass is 9.51. The van der Waals surface area contributed by atoms with E-state index in [1.54, 1.807) is 13.2 Å². The standard InChI is InChI=1S/C35H46NO12P/c1-25-4-7-27(8-5-25)45-22-20-43-18-16-41-14-15-42-17-19-44-21-23-46-49(38,39)48-35-11-10-28(37)33-34(35)12-13-36(2)30(35)24-26-6-9-29(40-3)32(47-33)31(26)34/h4-11,30,33H,12-24H2,1-3H3,(H,38,39)/t30-,33+,34+,35-/m1/s1. The Hall–Kier alpha value is -2.84. The third-order valence-electron chi connectivity index (χ3n) is 9.69. The number of carbonyl (C=O) groups excluding carboxylic acids is 1. The van der Waals surface area contributed by atoms with Crippen LogP contribution in [0.3, 0.4) is 0 Å². The summed E-state index contributed by atoms with van der Waals surface area (Å²) in [7, 11) is -1.12. The molecule has 2 aliphatic heterocycles. The highest BCUT2D eigenvalue weighted by molar-refractivity contribution is 7.47. The summed E-state index contributed by atoms with van der Waals surface area (Å²) in [6, 6.07) is 11.4. The molecule has 2 aromatic rings. The number of likely N-dealkylation sites (N-methyl/N-ethyl adjacent to an activating group) is 1. The maximum Gasteiger partial charge on any atom is 0.473 e. The molecule has 1 spiro atoms. The molecule has 0 radical (unpaired) electrons. The number of nitrogens with zero attached hydrogens (tertiary/aromatic N) is 1. The van der Waals surface area contributed by atoms with Gasteiger partial charge in [0.05, 0.1) is 72.0 Å². The predicted octanol–water partition coefficient (Wildman–Crippen LogP) is 3.42. The molecule has 4 aliphatic rings. The number of carbonyl (C=O) groups is 1. The highest BCUT2D eigenvalue weighted by Gasteiger charge is 2.74. The van der Waals surface area contributed by atoms with Gasteiger partial charge in [-0.05, 0) is 69.3 Å². The molecule has 2 heterocycles. The van der Waals surface area contributed by atoms with Crippen molar-refractivity contribution in [3.8, 4) is 17.2 Å². The molecular weight excluding hydrogens is 657 g/mol. The molecule has 0 amide bonds. The van der Waals surface area contributed by atoms with Crippen LogP contribution < -0.4 is 14.2 Å². The highest BCUT2D eigenvalue weighted by atomic mass is 31.2. The zero-order valence-corrected chi connectivity index (χ0v) is 29.2. The summed E-state index contributed by atoms with van der Waals surface area (Å²) in [5.74, 6) is 1.62. The van der Waals surface area contributed by atoms with Gasteiger partial charge in [-0.3, -0.25) is 18.7 Å². The van der Waals surface area contributed by atoms with E-state index in [1.165, 1.54) is 11.6 Å². The lowest BCUT2D eigenvalue weighted by Gasteiger charge is -2.61. The second-order valence-corrected chi connectivity index (χ2v) is 14.0. The Balaban J connectivity index is 0.896. The average molecular weight is 704 g/mol. The number of benzene rings is 2. The second-order valence-electron chi connectivity index (χ2n) is 12.6. The minimum atomic E-state index is -4.62. The van der Waals surface area contributed by atoms with Gasteiger partial charge in [0.15, 0.2) is 23.4 Å². The molecule has 1 saturated heterocycles. The molecule has 6 rings (SSSR count). The number of phosphoric ester groups is 1. The van der Waals surface area contributed by atoms with Crippen LogP contribution in [-0.2, 0) is 49.2 Å². The summed E-state index contributed by atoms with van der Waals surface area (Å²) in [5.41, 5.74) is 0.675. The van der Waals surface area contributed by atoms with Gasteiger partial charge in [0, 0.05) is 11.6 Å². The Labute approximate surface area is 286 Å². The van der Waals surface area contributed by atoms with E-state index in [0.29, 0.717) is 77.1 Å². The molecule has 1 fully saturated rings. The molecule has 13 nitrogen and oxygen atoms in total. The van der Waals surface area contributed by atoms with Gasteiger partial charge in [-0.2, -0.15) is 0 Å². The van der Waals surface area contributed by atoms with E-state index in [1.807, 2.05) is 50.4 Å². The molecule has 0 saturated carbocycles. The van der Waals surface area contributed by atoms with Crippen molar-refractivity contribution in [2.75, 3.05) is 86.8 Å². The first-order valence-electron chi connectivity index (χ1n) is 16.7. The number of phosphoric acid groups is 1. The van der Waals surface area contributed by atoms with Crippen LogP contribution in [0.2, 0.25) is 0 Å². The fraction of sp³-hybridized carbons (Fsp3) is 0.571. The quantitative estimate of drug-likeness (QED) is 0.159. The van der Waals surface area contributed by atoms with Crippen molar-refractivity contribution in [3.63, 3.8) is 0 Å². The highest BCUT2D eigenvalue weighted by Crippen LogP contribution is 2.67. The minimum Gasteiger partial charge on any atom is -0.493 e. The lowest BCUT2D eigenvalue weighted by molar-refractivity contribution is -0.149. The molecule has 2 aliphatic carbocycles. The first-order chi connectivity index (χ1) is 23.7. The number of methoxy groups -OCH3 is 1. The lowest BCUT2D eigenvalue weighted by Crippen LogP contribution is -2.75. The Morgan fingerprint density at radius 1 is 0.918 bits per heavy atom. The van der Waals surface area contributed by atoms with Crippen LogP contribution >= 0.6 is 7.82 Å². The normalized spacial score (nSPS) is 26.2. The van der Waals surface area contributed by atoms with Gasteiger partial charge in [-0.1, -0.05) is 23.8 Å². The van der Waals surface area contributed by atoms with Gasteiger partial charge in [0.2, 0.25) is 0 Å². The van der Waals surface area contributed by atoms with Gasteiger partial charge in [-0.25, -0.2) is 4.57 Å². The topological polar surface area (TPSA) is 141 Å². The summed E-state index contributed by atoms with van der Waals surface area (Å²) in [6.07, 6.45) is 3.17. The molecule has 5 atom stereocenters. The predicted molar refractivity (Wildman–Crippen MR) is 178 cm³/mol. The third kappa shape index (κ3) is 7.33. The van der Waals surface area contributed by atoms with Crippen LogP contribution in [0, 0.1) is 6.92 Å². The number of rotatable bonds is 20. The van der Waals surface area contributed by atoms with E-state index < -0.39 is 24.9 Å². The number of hydrogen-bond acceptors (Lipinski definition) is 12. The molecule has 0 aromatic heterocycles. The number of piperidine rings is 1. The van der Waals surface area contributed by atoms with Crippen molar-refractivity contribution in [2.45, 2.75) is 42.9 Å². The maximum absolute atomic E-state index is 13.5. The summed E-state index contributed by atoms with van der Waals surface area (Å²) < 4.78 is 64.7. The molecule has 2 bridgehead atoms. The molecular formula is C35H46NO12P. The van der Waals surface area contributed by atoms with Crippen LogP contribution in [0.4, 0.5) is 0 Å². The Bertz CT molecular complexity index is 1540. The second kappa shape index (κ2) is 15.6. The number of aryl methyl sites for hydroxylation is 1. The monoisotopic (exact) mass is 703 g/mol. The fourth-order valence-corrected chi connectivity index (χ4v) is 8.55. The van der Waals surface area contributed by atoms with Gasteiger partial charge >= 0.3 is 7.82 Å². The van der Waals surface area contributed by atoms with Gasteiger partial charge in [-0.15, -0.1) is 0 Å². The van der Waals surface area contributed by atoms with Crippen molar-refractivity contribution in [3.05, 3.63) is 65.2 Å². The van der Waals surface area contributed by atoms with Crippen molar-refractivity contribution in [1.82, 2.24) is 4.90 Å². The zero-order valence-electron chi connectivity index (χ0n) is 28.3. The zero-order chi connectivity index (χ0) is 34.5. The SMILES string of the molecule is COc1ccc2c3c1O[C@H]1C(=O)C=C[C@@]4(OP(=O)(O)OCCOCCOCCOCCOCCOc5ccc(C)cc5)[C@@H](C2)N(C)CC[C@]314. The minimum absolute atomic E-state index is 0.0600. The van der Waals surface area contributed by atoms with Crippen molar-refractivity contribution >= 4 is 13.6 Å². The number of hydrogen-bond donors (Lipinski definition) is 1. The van der Waals surface area contributed by atoms with E-state index in [4.69, 9.17) is 42.2 Å². The Kier molecular flexibility index (Phi) is 11.4. The summed E-state index contributed by atoms with van der Waals surface area (Å²) in [6.45, 7) is 5.86. The summed E-state index contributed by atoms with van der Waals surface area (Å²) >= 11 is 0. The molecule has 1 unspecified atom stereocenters. The number of ether oxygens (including phenoxy) is 7. The van der Waals surface area contributed by atoms with Crippen LogP contribution in [0.15, 0.2) is 48.6 Å². The van der Waals surface area contributed by atoms with Crippen LogP contribution in [0.5, 0.6) is 17.2 Å². The first-order valence-corrected chi connectivity index (χ1v) is 18.2. The van der Waals surface area contributed by atoms with Crippen LogP contribution in [-0.4, -0.2) is 120 Å². The third-order valence-corrected chi connectivity index (χ3v) is 10.7. The number of ketones is 1. The van der Waals surface area contributed by atoms with E-state index in [-0.39, 0.29) is 31.6 Å². The van der Waals surface area contributed by atoms with E-state index in [0.717, 1.165) is 16.9 Å². The average Bonchev–Trinajstić information content (AvgIpc) is 3.44. The van der Waals surface area contributed by atoms with Crippen LogP contribution in [0.25, 0.3) is 0 Å². The van der Waals surface area contributed by atoms with Gasteiger partial charge in [0.1, 0.15) is 18.0 Å². The fourth-order valence-electron chi connectivity index (χ4n) is 7.46. The van der Waals surface area contributed by atoms with Gasteiger partial charge in [0.25, 0.3) is 0 Å². The molecule has 2 aromatic carbocycles.